The molecule has 0 radical (unpaired) electrons. The Balaban J connectivity index is 1.51. The standard InChI is InChI=1S/C18H19N3O2S2/c1-11-19-17(16-13-6-3-7-14(13)25-18(16)20-11)24-10-15(22)21(2)9-12-5-4-8-23-12/h4-5,8H,3,6-7,9-10H2,1-2H3. The van der Waals surface area contributed by atoms with Gasteiger partial charge in [0.1, 0.15) is 21.4 Å². The summed E-state index contributed by atoms with van der Waals surface area (Å²) in [7, 11) is 1.80. The molecule has 1 aliphatic rings. The lowest BCUT2D eigenvalue weighted by molar-refractivity contribution is -0.127. The molecule has 0 unspecified atom stereocenters. The van der Waals surface area contributed by atoms with Crippen molar-refractivity contribution in [2.45, 2.75) is 37.8 Å². The number of fused-ring (bicyclic) bond motifs is 3. The molecule has 0 atom stereocenters. The maximum Gasteiger partial charge on any atom is 0.233 e. The molecule has 5 nitrogen and oxygen atoms in total. The summed E-state index contributed by atoms with van der Waals surface area (Å²) in [6.07, 6.45) is 5.08. The molecule has 0 saturated carbocycles. The maximum atomic E-state index is 12.5. The van der Waals surface area contributed by atoms with Crippen LogP contribution in [0.1, 0.15) is 28.4 Å². The van der Waals surface area contributed by atoms with E-state index in [2.05, 4.69) is 9.97 Å². The van der Waals surface area contributed by atoms with Gasteiger partial charge in [0.05, 0.1) is 18.6 Å². The Morgan fingerprint density at radius 3 is 3.08 bits per heavy atom. The van der Waals surface area contributed by atoms with Gasteiger partial charge in [-0.25, -0.2) is 9.97 Å². The summed E-state index contributed by atoms with van der Waals surface area (Å²) in [6.45, 7) is 2.40. The van der Waals surface area contributed by atoms with E-state index in [1.54, 1.807) is 29.5 Å². The number of thioether (sulfide) groups is 1. The fourth-order valence-corrected chi connectivity index (χ4v) is 5.55. The number of hydrogen-bond acceptors (Lipinski definition) is 6. The number of hydrogen-bond donors (Lipinski definition) is 0. The van der Waals surface area contributed by atoms with Crippen LogP contribution in [-0.4, -0.2) is 33.6 Å². The van der Waals surface area contributed by atoms with E-state index in [-0.39, 0.29) is 5.91 Å². The summed E-state index contributed by atoms with van der Waals surface area (Å²) in [5, 5.41) is 2.12. The van der Waals surface area contributed by atoms with Crippen molar-refractivity contribution < 1.29 is 9.21 Å². The predicted octanol–water partition coefficient (Wildman–Crippen LogP) is 3.83. The molecule has 3 aromatic heterocycles. The number of amides is 1. The third-order valence-electron chi connectivity index (χ3n) is 4.37. The minimum Gasteiger partial charge on any atom is -0.467 e. The summed E-state index contributed by atoms with van der Waals surface area (Å²) in [6, 6.07) is 3.71. The first-order valence-electron chi connectivity index (χ1n) is 8.30. The molecule has 0 aliphatic heterocycles. The number of carbonyl (C=O) groups is 1. The second kappa shape index (κ2) is 6.80. The van der Waals surface area contributed by atoms with Gasteiger partial charge in [-0.2, -0.15) is 0 Å². The molecule has 7 heteroatoms. The fourth-order valence-electron chi connectivity index (χ4n) is 3.13. The zero-order valence-corrected chi connectivity index (χ0v) is 15.9. The average molecular weight is 374 g/mol. The van der Waals surface area contributed by atoms with E-state index in [0.29, 0.717) is 12.3 Å². The number of aromatic nitrogens is 2. The van der Waals surface area contributed by atoms with Crippen molar-refractivity contribution in [2.75, 3.05) is 12.8 Å². The normalized spacial score (nSPS) is 13.4. The Labute approximate surface area is 154 Å². The van der Waals surface area contributed by atoms with Gasteiger partial charge in [0.15, 0.2) is 0 Å². The molecule has 1 amide bonds. The third-order valence-corrected chi connectivity index (χ3v) is 6.52. The van der Waals surface area contributed by atoms with Crippen molar-refractivity contribution in [3.63, 3.8) is 0 Å². The minimum absolute atomic E-state index is 0.0673. The molecule has 0 saturated heterocycles. The number of thiophene rings is 1. The van der Waals surface area contributed by atoms with Crippen LogP contribution in [0.2, 0.25) is 0 Å². The quantitative estimate of drug-likeness (QED) is 0.502. The smallest absolute Gasteiger partial charge is 0.233 e. The summed E-state index contributed by atoms with van der Waals surface area (Å²) in [5.74, 6) is 1.99. The molecule has 4 rings (SSSR count). The highest BCUT2D eigenvalue weighted by atomic mass is 32.2. The van der Waals surface area contributed by atoms with Gasteiger partial charge in [0, 0.05) is 17.3 Å². The van der Waals surface area contributed by atoms with E-state index in [1.807, 2.05) is 19.1 Å². The molecule has 0 N–H and O–H groups in total. The van der Waals surface area contributed by atoms with Crippen LogP contribution in [0.25, 0.3) is 10.2 Å². The van der Waals surface area contributed by atoms with E-state index >= 15 is 0 Å². The summed E-state index contributed by atoms with van der Waals surface area (Å²) in [5.41, 5.74) is 1.40. The fraction of sp³-hybridized carbons (Fsp3) is 0.389. The van der Waals surface area contributed by atoms with Gasteiger partial charge in [-0.05, 0) is 43.9 Å². The largest absolute Gasteiger partial charge is 0.467 e. The Morgan fingerprint density at radius 1 is 1.40 bits per heavy atom. The molecule has 130 valence electrons. The van der Waals surface area contributed by atoms with Crippen LogP contribution in [0.4, 0.5) is 0 Å². The van der Waals surface area contributed by atoms with Crippen LogP contribution in [0.3, 0.4) is 0 Å². The number of furan rings is 1. The Bertz CT molecular complexity index is 918. The first-order chi connectivity index (χ1) is 12.1. The van der Waals surface area contributed by atoms with E-state index in [9.17, 15) is 4.79 Å². The van der Waals surface area contributed by atoms with Crippen LogP contribution in [0.5, 0.6) is 0 Å². The second-order valence-electron chi connectivity index (χ2n) is 6.23. The van der Waals surface area contributed by atoms with E-state index < -0.39 is 0 Å². The topological polar surface area (TPSA) is 59.2 Å². The molecule has 3 heterocycles. The number of aryl methyl sites for hydroxylation is 3. The number of rotatable bonds is 5. The average Bonchev–Trinajstić information content (AvgIpc) is 3.28. The summed E-state index contributed by atoms with van der Waals surface area (Å²) in [4.78, 5) is 25.9. The molecule has 0 fully saturated rings. The first-order valence-corrected chi connectivity index (χ1v) is 10.1. The van der Waals surface area contributed by atoms with Crippen molar-refractivity contribution in [1.29, 1.82) is 0 Å². The minimum atomic E-state index is 0.0673. The molecule has 1 aliphatic carbocycles. The van der Waals surface area contributed by atoms with Crippen molar-refractivity contribution in [3.8, 4) is 0 Å². The lowest BCUT2D eigenvalue weighted by atomic mass is 10.2. The van der Waals surface area contributed by atoms with Gasteiger partial charge in [-0.1, -0.05) is 11.8 Å². The van der Waals surface area contributed by atoms with Crippen LogP contribution in [-0.2, 0) is 24.2 Å². The first kappa shape index (κ1) is 16.6. The Hall–Kier alpha value is -1.86. The van der Waals surface area contributed by atoms with Crippen LogP contribution in [0, 0.1) is 6.92 Å². The molecule has 0 aromatic carbocycles. The Morgan fingerprint density at radius 2 is 2.28 bits per heavy atom. The molecule has 3 aromatic rings. The summed E-state index contributed by atoms with van der Waals surface area (Å²) >= 11 is 3.30. The number of carbonyl (C=O) groups excluding carboxylic acids is 1. The summed E-state index contributed by atoms with van der Waals surface area (Å²) < 4.78 is 5.31. The maximum absolute atomic E-state index is 12.5. The van der Waals surface area contributed by atoms with Crippen molar-refractivity contribution in [2.24, 2.45) is 0 Å². The lowest BCUT2D eigenvalue weighted by Crippen LogP contribution is -2.27. The van der Waals surface area contributed by atoms with Crippen molar-refractivity contribution in [1.82, 2.24) is 14.9 Å². The zero-order chi connectivity index (χ0) is 17.4. The zero-order valence-electron chi connectivity index (χ0n) is 14.2. The second-order valence-corrected chi connectivity index (χ2v) is 8.28. The molecule has 25 heavy (non-hydrogen) atoms. The van der Waals surface area contributed by atoms with Gasteiger partial charge < -0.3 is 9.32 Å². The molecule has 0 spiro atoms. The van der Waals surface area contributed by atoms with Crippen molar-refractivity contribution >= 4 is 39.2 Å². The monoisotopic (exact) mass is 373 g/mol. The van der Waals surface area contributed by atoms with Crippen LogP contribution < -0.4 is 0 Å². The lowest BCUT2D eigenvalue weighted by Gasteiger charge is -2.15. The van der Waals surface area contributed by atoms with Gasteiger partial charge in [-0.15, -0.1) is 11.3 Å². The van der Waals surface area contributed by atoms with Crippen LogP contribution >= 0.6 is 23.1 Å². The highest BCUT2D eigenvalue weighted by molar-refractivity contribution is 8.00. The molecular formula is C18H19N3O2S2. The highest BCUT2D eigenvalue weighted by Gasteiger charge is 2.22. The highest BCUT2D eigenvalue weighted by Crippen LogP contribution is 2.40. The van der Waals surface area contributed by atoms with E-state index in [0.717, 1.165) is 34.3 Å². The molecule has 0 bridgehead atoms. The SMILES string of the molecule is Cc1nc(SCC(=O)N(C)Cc2ccco2)c2c3c(sc2n1)CCC3. The van der Waals surface area contributed by atoms with Gasteiger partial charge in [0.25, 0.3) is 0 Å². The third kappa shape index (κ3) is 3.30. The van der Waals surface area contributed by atoms with Gasteiger partial charge in [0.2, 0.25) is 5.91 Å². The Kier molecular flexibility index (Phi) is 4.52. The number of nitrogens with zero attached hydrogens (tertiary/aromatic N) is 3. The van der Waals surface area contributed by atoms with E-state index in [1.165, 1.54) is 34.0 Å². The van der Waals surface area contributed by atoms with Crippen LogP contribution in [0.15, 0.2) is 27.8 Å². The van der Waals surface area contributed by atoms with Crippen molar-refractivity contribution in [3.05, 3.63) is 40.4 Å². The predicted molar refractivity (Wildman–Crippen MR) is 100 cm³/mol. The van der Waals surface area contributed by atoms with Gasteiger partial charge >= 0.3 is 0 Å². The van der Waals surface area contributed by atoms with Gasteiger partial charge in [-0.3, -0.25) is 4.79 Å². The molecular weight excluding hydrogens is 354 g/mol. The van der Waals surface area contributed by atoms with E-state index in [4.69, 9.17) is 4.42 Å².